The summed E-state index contributed by atoms with van der Waals surface area (Å²) in [4.78, 5) is 26.7. The normalized spacial score (nSPS) is 19.3. The number of anilines is 1. The van der Waals surface area contributed by atoms with Gasteiger partial charge in [-0.25, -0.2) is 0 Å². The van der Waals surface area contributed by atoms with Crippen molar-refractivity contribution in [2.75, 3.05) is 11.4 Å². The molecule has 0 N–H and O–H groups in total. The SMILES string of the molecule is C=CCN(C(=O)[C@@H]1CC(=O)O[C@@H]1c1ccc(Cl)cc1)c1ccccc1. The monoisotopic (exact) mass is 355 g/mol. The fourth-order valence-corrected chi connectivity index (χ4v) is 3.11. The Balaban J connectivity index is 1.90. The first-order chi connectivity index (χ1) is 12.1. The second kappa shape index (κ2) is 7.53. The summed E-state index contributed by atoms with van der Waals surface area (Å²) in [6.07, 6.45) is 1.13. The van der Waals surface area contributed by atoms with E-state index in [1.54, 1.807) is 35.2 Å². The molecule has 1 fully saturated rings. The van der Waals surface area contributed by atoms with E-state index in [0.717, 1.165) is 11.3 Å². The average Bonchev–Trinajstić information content (AvgIpc) is 3.02. The fraction of sp³-hybridized carbons (Fsp3) is 0.200. The number of carbonyl (C=O) groups is 2. The van der Waals surface area contributed by atoms with Gasteiger partial charge in [-0.3, -0.25) is 9.59 Å². The minimum Gasteiger partial charge on any atom is -0.457 e. The van der Waals surface area contributed by atoms with Gasteiger partial charge in [0, 0.05) is 17.3 Å². The predicted molar refractivity (Wildman–Crippen MR) is 97.4 cm³/mol. The molecule has 1 aliphatic heterocycles. The maximum atomic E-state index is 13.2. The Hall–Kier alpha value is -2.59. The first-order valence-electron chi connectivity index (χ1n) is 8.02. The number of ether oxygens (including phenoxy) is 1. The molecule has 25 heavy (non-hydrogen) atoms. The Labute approximate surface area is 151 Å². The standard InChI is InChI=1S/C20H18ClNO3/c1-2-12-22(16-6-4-3-5-7-16)20(24)17-13-18(23)25-19(17)14-8-10-15(21)11-9-14/h2-11,17,19H,1,12-13H2/t17-,19-/m1/s1. The Morgan fingerprint density at radius 2 is 1.88 bits per heavy atom. The van der Waals surface area contributed by atoms with Gasteiger partial charge in [-0.1, -0.05) is 48.0 Å². The molecule has 0 saturated carbocycles. The molecule has 0 spiro atoms. The Kier molecular flexibility index (Phi) is 5.19. The van der Waals surface area contributed by atoms with Gasteiger partial charge in [-0.15, -0.1) is 6.58 Å². The molecule has 0 bridgehead atoms. The molecule has 1 amide bonds. The molecule has 2 aromatic carbocycles. The summed E-state index contributed by atoms with van der Waals surface area (Å²) in [5.41, 5.74) is 1.53. The first kappa shape index (κ1) is 17.2. The first-order valence-corrected chi connectivity index (χ1v) is 8.40. The highest BCUT2D eigenvalue weighted by molar-refractivity contribution is 6.30. The molecular weight excluding hydrogens is 338 g/mol. The van der Waals surface area contributed by atoms with Gasteiger partial charge in [-0.05, 0) is 29.8 Å². The van der Waals surface area contributed by atoms with Crippen molar-refractivity contribution in [3.63, 3.8) is 0 Å². The molecule has 2 atom stereocenters. The third kappa shape index (κ3) is 3.74. The zero-order chi connectivity index (χ0) is 17.8. The molecule has 5 heteroatoms. The number of nitrogens with zero attached hydrogens (tertiary/aromatic N) is 1. The third-order valence-electron chi connectivity index (χ3n) is 4.17. The molecule has 4 nitrogen and oxygen atoms in total. The molecule has 0 radical (unpaired) electrons. The zero-order valence-corrected chi connectivity index (χ0v) is 14.4. The van der Waals surface area contributed by atoms with Crippen molar-refractivity contribution in [1.82, 2.24) is 0 Å². The quantitative estimate of drug-likeness (QED) is 0.597. The summed E-state index contributed by atoms with van der Waals surface area (Å²) in [5.74, 6) is -1.10. The van der Waals surface area contributed by atoms with Crippen molar-refractivity contribution < 1.29 is 14.3 Å². The van der Waals surface area contributed by atoms with Crippen LogP contribution >= 0.6 is 11.6 Å². The number of halogens is 1. The smallest absolute Gasteiger partial charge is 0.307 e. The van der Waals surface area contributed by atoms with Gasteiger partial charge >= 0.3 is 5.97 Å². The lowest BCUT2D eigenvalue weighted by molar-refractivity contribution is -0.141. The van der Waals surface area contributed by atoms with E-state index in [4.69, 9.17) is 16.3 Å². The van der Waals surface area contributed by atoms with Crippen LogP contribution in [0.25, 0.3) is 0 Å². The molecule has 0 unspecified atom stereocenters. The highest BCUT2D eigenvalue weighted by Gasteiger charge is 2.42. The highest BCUT2D eigenvalue weighted by atomic mass is 35.5. The average molecular weight is 356 g/mol. The second-order valence-corrected chi connectivity index (χ2v) is 6.28. The number of cyclic esters (lactones) is 1. The number of para-hydroxylation sites is 1. The van der Waals surface area contributed by atoms with Gasteiger partial charge in [0.15, 0.2) is 0 Å². The number of hydrogen-bond acceptors (Lipinski definition) is 3. The lowest BCUT2D eigenvalue weighted by atomic mass is 9.93. The maximum Gasteiger partial charge on any atom is 0.307 e. The maximum absolute atomic E-state index is 13.2. The van der Waals surface area contributed by atoms with Crippen LogP contribution in [0.3, 0.4) is 0 Å². The minimum absolute atomic E-state index is 0.0621. The van der Waals surface area contributed by atoms with Gasteiger partial charge in [0.2, 0.25) is 5.91 Å². The van der Waals surface area contributed by atoms with E-state index < -0.39 is 12.0 Å². The van der Waals surface area contributed by atoms with Gasteiger partial charge in [0.25, 0.3) is 0 Å². The lowest BCUT2D eigenvalue weighted by Gasteiger charge is -2.26. The fourth-order valence-electron chi connectivity index (χ4n) is 2.99. The van der Waals surface area contributed by atoms with Crippen LogP contribution < -0.4 is 4.90 Å². The molecule has 3 rings (SSSR count). The van der Waals surface area contributed by atoms with E-state index in [2.05, 4.69) is 6.58 Å². The topological polar surface area (TPSA) is 46.6 Å². The van der Waals surface area contributed by atoms with E-state index >= 15 is 0 Å². The van der Waals surface area contributed by atoms with Crippen LogP contribution in [0.15, 0.2) is 67.3 Å². The molecule has 0 aromatic heterocycles. The molecule has 128 valence electrons. The number of benzene rings is 2. The molecular formula is C20H18ClNO3. The van der Waals surface area contributed by atoms with Crippen LogP contribution in [0, 0.1) is 5.92 Å². The predicted octanol–water partition coefficient (Wildman–Crippen LogP) is 4.16. The Bertz CT molecular complexity index is 773. The van der Waals surface area contributed by atoms with Crippen molar-refractivity contribution in [2.24, 2.45) is 5.92 Å². The molecule has 0 aliphatic carbocycles. The summed E-state index contributed by atoms with van der Waals surface area (Å²) in [6.45, 7) is 4.09. The molecule has 1 heterocycles. The summed E-state index contributed by atoms with van der Waals surface area (Å²) >= 11 is 5.92. The van der Waals surface area contributed by atoms with Crippen molar-refractivity contribution in [3.05, 3.63) is 77.8 Å². The number of amides is 1. The van der Waals surface area contributed by atoms with E-state index in [9.17, 15) is 9.59 Å². The largest absolute Gasteiger partial charge is 0.457 e. The van der Waals surface area contributed by atoms with Crippen LogP contribution in [0.2, 0.25) is 5.02 Å². The lowest BCUT2D eigenvalue weighted by Crippen LogP contribution is -2.37. The molecule has 1 saturated heterocycles. The van der Waals surface area contributed by atoms with Crippen molar-refractivity contribution in [3.8, 4) is 0 Å². The number of carbonyl (C=O) groups excluding carboxylic acids is 2. The summed E-state index contributed by atoms with van der Waals surface area (Å²) < 4.78 is 5.43. The van der Waals surface area contributed by atoms with Crippen molar-refractivity contribution >= 4 is 29.2 Å². The van der Waals surface area contributed by atoms with Gasteiger partial charge < -0.3 is 9.64 Å². The zero-order valence-electron chi connectivity index (χ0n) is 13.6. The van der Waals surface area contributed by atoms with Crippen LogP contribution in [0.5, 0.6) is 0 Å². The van der Waals surface area contributed by atoms with E-state index in [-0.39, 0.29) is 18.3 Å². The molecule has 2 aromatic rings. The number of esters is 1. The molecule has 1 aliphatic rings. The number of rotatable bonds is 5. The van der Waals surface area contributed by atoms with Crippen LogP contribution in [0.1, 0.15) is 18.1 Å². The summed E-state index contributed by atoms with van der Waals surface area (Å²) in [6, 6.07) is 16.4. The Morgan fingerprint density at radius 3 is 2.52 bits per heavy atom. The highest BCUT2D eigenvalue weighted by Crippen LogP contribution is 2.37. The van der Waals surface area contributed by atoms with Crippen molar-refractivity contribution in [2.45, 2.75) is 12.5 Å². The van der Waals surface area contributed by atoms with Gasteiger partial charge in [0.05, 0.1) is 12.3 Å². The van der Waals surface area contributed by atoms with Crippen LogP contribution in [-0.4, -0.2) is 18.4 Å². The van der Waals surface area contributed by atoms with Crippen molar-refractivity contribution in [1.29, 1.82) is 0 Å². The van der Waals surface area contributed by atoms with E-state index in [1.165, 1.54) is 0 Å². The number of hydrogen-bond donors (Lipinski definition) is 0. The summed E-state index contributed by atoms with van der Waals surface area (Å²) in [7, 11) is 0. The van der Waals surface area contributed by atoms with Crippen LogP contribution in [0.4, 0.5) is 5.69 Å². The van der Waals surface area contributed by atoms with E-state index in [0.29, 0.717) is 11.6 Å². The summed E-state index contributed by atoms with van der Waals surface area (Å²) in [5, 5.41) is 0.591. The van der Waals surface area contributed by atoms with E-state index in [1.807, 2.05) is 30.3 Å². The van der Waals surface area contributed by atoms with Crippen LogP contribution in [-0.2, 0) is 14.3 Å². The van der Waals surface area contributed by atoms with Gasteiger partial charge in [-0.2, -0.15) is 0 Å². The third-order valence-corrected chi connectivity index (χ3v) is 4.42. The second-order valence-electron chi connectivity index (χ2n) is 5.85. The minimum atomic E-state index is -0.603. The van der Waals surface area contributed by atoms with Gasteiger partial charge in [0.1, 0.15) is 6.10 Å². The Morgan fingerprint density at radius 1 is 1.20 bits per heavy atom.